The van der Waals surface area contributed by atoms with E-state index < -0.39 is 0 Å². The van der Waals surface area contributed by atoms with Gasteiger partial charge in [-0.1, -0.05) is 155 Å². The van der Waals surface area contributed by atoms with Crippen molar-refractivity contribution in [3.63, 3.8) is 0 Å². The van der Waals surface area contributed by atoms with Crippen molar-refractivity contribution in [2.75, 3.05) is 0 Å². The maximum atomic E-state index is 2.66. The van der Waals surface area contributed by atoms with Gasteiger partial charge in [-0.05, 0) is 67.8 Å². The highest BCUT2D eigenvalue weighted by molar-refractivity contribution is 6.04. The Hall–Kier alpha value is -2.08. The van der Waals surface area contributed by atoms with Crippen LogP contribution in [0, 0.1) is 0 Å². The molecule has 0 heteroatoms. The maximum absolute atomic E-state index is 2.66. The van der Waals surface area contributed by atoms with E-state index in [1.165, 1.54) is 97.2 Å². The summed E-state index contributed by atoms with van der Waals surface area (Å²) < 4.78 is 0. The molecule has 3 aromatic rings. The number of hydrogen-bond donors (Lipinski definition) is 0. The van der Waals surface area contributed by atoms with Crippen LogP contribution in [0.2, 0.25) is 0 Å². The van der Waals surface area contributed by atoms with Crippen LogP contribution in [0.25, 0.3) is 21.9 Å². The highest BCUT2D eigenvalue weighted by atomic mass is 14.5. The summed E-state index contributed by atoms with van der Waals surface area (Å²) in [5.74, 6) is 0. The largest absolute Gasteiger partial charge is 0.0654 e. The summed E-state index contributed by atoms with van der Waals surface area (Å²) in [6, 6.07) is 19.4. The molecule has 0 fully saturated rings. The monoisotopic (exact) mass is 496 g/mol. The van der Waals surface area contributed by atoms with Gasteiger partial charge in [-0.3, -0.25) is 0 Å². The normalized spacial score (nSPS) is 14.7. The molecule has 0 spiro atoms. The number of fused-ring (bicyclic) bond motifs is 5. The number of benzene rings is 3. The van der Waals surface area contributed by atoms with Gasteiger partial charge in [0.2, 0.25) is 0 Å². The van der Waals surface area contributed by atoms with E-state index in [0.717, 1.165) is 0 Å². The van der Waals surface area contributed by atoms with Gasteiger partial charge in [0.25, 0.3) is 0 Å². The highest BCUT2D eigenvalue weighted by Gasteiger charge is 2.44. The van der Waals surface area contributed by atoms with Gasteiger partial charge in [0.15, 0.2) is 0 Å². The molecule has 3 aromatic carbocycles. The quantitative estimate of drug-likeness (QED) is 0.245. The molecule has 4 rings (SSSR count). The molecule has 0 aromatic heterocycles. The van der Waals surface area contributed by atoms with Gasteiger partial charge in [0.05, 0.1) is 0 Å². The minimum absolute atomic E-state index is 0.107. The smallest absolute Gasteiger partial charge is 0.0215 e. The number of hydrogen-bond acceptors (Lipinski definition) is 0. The van der Waals surface area contributed by atoms with Crippen LogP contribution in [0.3, 0.4) is 0 Å². The molecule has 0 saturated heterocycles. The number of rotatable bonds is 10. The van der Waals surface area contributed by atoms with Gasteiger partial charge in [0.1, 0.15) is 0 Å². The van der Waals surface area contributed by atoms with E-state index in [9.17, 15) is 0 Å². The third-order valence-electron chi connectivity index (χ3n) is 8.95. The zero-order chi connectivity index (χ0) is 26.8. The summed E-state index contributed by atoms with van der Waals surface area (Å²) in [7, 11) is 0. The molecule has 200 valence electrons. The van der Waals surface area contributed by atoms with Gasteiger partial charge in [0, 0.05) is 5.41 Å². The van der Waals surface area contributed by atoms with Crippen LogP contribution in [-0.4, -0.2) is 0 Å². The number of unbranched alkanes of at least 4 members (excludes halogenated alkanes) is 6. The molecule has 0 radical (unpaired) electrons. The first kappa shape index (κ1) is 27.9. The van der Waals surface area contributed by atoms with Crippen molar-refractivity contribution >= 4 is 10.8 Å². The summed E-state index contributed by atoms with van der Waals surface area (Å²) in [4.78, 5) is 0. The Kier molecular flexibility index (Phi) is 8.27. The zero-order valence-corrected chi connectivity index (χ0v) is 25.2. The van der Waals surface area contributed by atoms with E-state index in [4.69, 9.17) is 0 Å². The molecule has 0 saturated carbocycles. The molecule has 1 aliphatic carbocycles. The summed E-state index contributed by atoms with van der Waals surface area (Å²) in [5.41, 5.74) is 9.66. The van der Waals surface area contributed by atoms with Crippen LogP contribution in [0.15, 0.2) is 48.5 Å². The molecule has 0 unspecified atom stereocenters. The van der Waals surface area contributed by atoms with Crippen LogP contribution in [0.1, 0.15) is 142 Å². The van der Waals surface area contributed by atoms with Crippen molar-refractivity contribution < 1.29 is 0 Å². The van der Waals surface area contributed by atoms with Crippen LogP contribution < -0.4 is 0 Å². The van der Waals surface area contributed by atoms with Crippen molar-refractivity contribution in [3.05, 3.63) is 70.8 Å². The average Bonchev–Trinajstić information content (AvgIpc) is 3.12. The molecule has 0 atom stereocenters. The second-order valence-corrected chi connectivity index (χ2v) is 13.9. The molecule has 0 N–H and O–H groups in total. The van der Waals surface area contributed by atoms with E-state index in [1.54, 1.807) is 11.1 Å². The Balaban J connectivity index is 2.02. The van der Waals surface area contributed by atoms with Crippen LogP contribution in [-0.2, 0) is 16.2 Å². The summed E-state index contributed by atoms with van der Waals surface area (Å²) in [5, 5.41) is 2.89. The second-order valence-electron chi connectivity index (χ2n) is 13.9. The molecule has 0 amide bonds. The van der Waals surface area contributed by atoms with Gasteiger partial charge in [-0.2, -0.15) is 0 Å². The molecule has 37 heavy (non-hydrogen) atoms. The SMILES string of the molecule is CCCCCCC1(CCCCCC)c2cc(C(C)(C)C)ccc2-c2c1cc(C(C)(C)C)c1ccccc21. The standard InChI is InChI=1S/C37H52/c1-9-11-13-17-23-37(24-18-14-12-10-2)32-25-27(35(3,4)5)21-22-30(32)34-29-20-16-15-19-28(29)31(26-33(34)37)36(6,7)8/h15-16,19-22,25-26H,9-14,17-18,23-24H2,1-8H3. The van der Waals surface area contributed by atoms with E-state index in [-0.39, 0.29) is 16.2 Å². The summed E-state index contributed by atoms with van der Waals surface area (Å²) in [6.45, 7) is 19.0. The zero-order valence-electron chi connectivity index (χ0n) is 25.2. The van der Waals surface area contributed by atoms with Gasteiger partial charge in [-0.15, -0.1) is 0 Å². The van der Waals surface area contributed by atoms with E-state index in [0.29, 0.717) is 0 Å². The van der Waals surface area contributed by atoms with Crippen LogP contribution >= 0.6 is 0 Å². The molecule has 0 bridgehead atoms. The molecular formula is C37H52. The topological polar surface area (TPSA) is 0 Å². The van der Waals surface area contributed by atoms with Gasteiger partial charge < -0.3 is 0 Å². The second kappa shape index (κ2) is 11.0. The van der Waals surface area contributed by atoms with Crippen LogP contribution in [0.5, 0.6) is 0 Å². The van der Waals surface area contributed by atoms with Crippen molar-refractivity contribution in [2.45, 2.75) is 136 Å². The van der Waals surface area contributed by atoms with Gasteiger partial charge >= 0.3 is 0 Å². The van der Waals surface area contributed by atoms with Crippen molar-refractivity contribution in [1.82, 2.24) is 0 Å². The third-order valence-corrected chi connectivity index (χ3v) is 8.95. The molecule has 0 heterocycles. The van der Waals surface area contributed by atoms with E-state index >= 15 is 0 Å². The first-order valence-corrected chi connectivity index (χ1v) is 15.3. The van der Waals surface area contributed by atoms with Crippen molar-refractivity contribution in [3.8, 4) is 11.1 Å². The third kappa shape index (κ3) is 5.41. The highest BCUT2D eigenvalue weighted by Crippen LogP contribution is 2.58. The molecular weight excluding hydrogens is 444 g/mol. The lowest BCUT2D eigenvalue weighted by Crippen LogP contribution is -2.27. The van der Waals surface area contributed by atoms with Crippen molar-refractivity contribution in [1.29, 1.82) is 0 Å². The maximum Gasteiger partial charge on any atom is 0.0215 e. The van der Waals surface area contributed by atoms with E-state index in [1.807, 2.05) is 0 Å². The Morgan fingerprint density at radius 2 is 1.19 bits per heavy atom. The van der Waals surface area contributed by atoms with Crippen molar-refractivity contribution in [2.24, 2.45) is 0 Å². The predicted octanol–water partition coefficient (Wildman–Crippen LogP) is 11.6. The lowest BCUT2D eigenvalue weighted by molar-refractivity contribution is 0.399. The Morgan fingerprint density at radius 3 is 1.73 bits per heavy atom. The van der Waals surface area contributed by atoms with Gasteiger partial charge in [-0.25, -0.2) is 0 Å². The molecule has 0 nitrogen and oxygen atoms in total. The molecule has 1 aliphatic rings. The minimum Gasteiger partial charge on any atom is -0.0654 e. The van der Waals surface area contributed by atoms with Crippen LogP contribution in [0.4, 0.5) is 0 Å². The Labute approximate surface area is 228 Å². The lowest BCUT2D eigenvalue weighted by atomic mass is 9.68. The predicted molar refractivity (Wildman–Crippen MR) is 165 cm³/mol. The first-order valence-electron chi connectivity index (χ1n) is 15.3. The first-order chi connectivity index (χ1) is 17.5. The lowest BCUT2D eigenvalue weighted by Gasteiger charge is -2.35. The Morgan fingerprint density at radius 1 is 0.595 bits per heavy atom. The average molecular weight is 497 g/mol. The fourth-order valence-electron chi connectivity index (χ4n) is 6.80. The summed E-state index contributed by atoms with van der Waals surface area (Å²) >= 11 is 0. The Bertz CT molecular complexity index is 1200. The fourth-order valence-corrected chi connectivity index (χ4v) is 6.80. The van der Waals surface area contributed by atoms with E-state index in [2.05, 4.69) is 104 Å². The minimum atomic E-state index is 0.107. The fraction of sp³-hybridized carbons (Fsp3) is 0.568. The summed E-state index contributed by atoms with van der Waals surface area (Å²) in [6.07, 6.45) is 13.1. The molecule has 0 aliphatic heterocycles.